The number of hydrogen-bond donors (Lipinski definition) is 1. The molecule has 1 aromatic carbocycles. The zero-order chi connectivity index (χ0) is 13.8. The van der Waals surface area contributed by atoms with Crippen LogP contribution in [0.15, 0.2) is 42.7 Å². The summed E-state index contributed by atoms with van der Waals surface area (Å²) in [4.78, 5) is 0. The average molecular weight is 269 g/mol. The van der Waals surface area contributed by atoms with Gasteiger partial charge < -0.3 is 5.32 Å². The molecule has 0 spiro atoms. The second kappa shape index (κ2) is 6.12. The molecular weight excluding hydrogens is 246 g/mol. The van der Waals surface area contributed by atoms with Crippen LogP contribution in [0.1, 0.15) is 32.6 Å². The van der Waals surface area contributed by atoms with Gasteiger partial charge in [0.15, 0.2) is 0 Å². The molecule has 1 aliphatic carbocycles. The lowest BCUT2D eigenvalue weighted by molar-refractivity contribution is 0.300. The van der Waals surface area contributed by atoms with Crippen molar-refractivity contribution in [3.63, 3.8) is 0 Å². The summed E-state index contributed by atoms with van der Waals surface area (Å²) < 4.78 is 1.92. The van der Waals surface area contributed by atoms with E-state index in [0.717, 1.165) is 24.1 Å². The highest BCUT2D eigenvalue weighted by Gasteiger charge is 2.18. The minimum Gasteiger partial charge on any atom is -0.383 e. The monoisotopic (exact) mass is 269 g/mol. The van der Waals surface area contributed by atoms with Gasteiger partial charge in [0.05, 0.1) is 11.4 Å². The topological polar surface area (TPSA) is 29.9 Å². The van der Waals surface area contributed by atoms with Gasteiger partial charge in [-0.1, -0.05) is 31.9 Å². The predicted octanol–water partition coefficient (Wildman–Crippen LogP) is 4.11. The number of rotatable bonds is 4. The highest BCUT2D eigenvalue weighted by atomic mass is 15.3. The van der Waals surface area contributed by atoms with Gasteiger partial charge in [0.1, 0.15) is 0 Å². The summed E-state index contributed by atoms with van der Waals surface area (Å²) in [7, 11) is 0. The molecule has 3 heteroatoms. The minimum absolute atomic E-state index is 0.817. The van der Waals surface area contributed by atoms with E-state index in [1.165, 1.54) is 31.4 Å². The smallest absolute Gasteiger partial charge is 0.0876 e. The van der Waals surface area contributed by atoms with Gasteiger partial charge in [-0.05, 0) is 42.9 Å². The second-order valence-corrected chi connectivity index (χ2v) is 5.97. The van der Waals surface area contributed by atoms with Crippen molar-refractivity contribution in [2.75, 3.05) is 11.9 Å². The van der Waals surface area contributed by atoms with Crippen LogP contribution in [-0.2, 0) is 0 Å². The summed E-state index contributed by atoms with van der Waals surface area (Å²) in [6, 6.07) is 10.4. The maximum atomic E-state index is 4.33. The summed E-state index contributed by atoms with van der Waals surface area (Å²) in [5.41, 5.74) is 2.30. The summed E-state index contributed by atoms with van der Waals surface area (Å²) >= 11 is 0. The molecule has 1 aromatic heterocycles. The first kappa shape index (κ1) is 13.2. The predicted molar refractivity (Wildman–Crippen MR) is 83.2 cm³/mol. The van der Waals surface area contributed by atoms with Crippen LogP contribution in [0.2, 0.25) is 0 Å². The van der Waals surface area contributed by atoms with E-state index >= 15 is 0 Å². The standard InChI is InChI=1S/C17H23N3/c1-14-7-9-15(10-8-14)13-18-16-5-2-3-6-17(16)20-12-4-11-19-20/h2-6,11-12,14-15,18H,7-10,13H2,1H3. The lowest BCUT2D eigenvalue weighted by Crippen LogP contribution is -2.20. The Kier molecular flexibility index (Phi) is 4.05. The molecule has 20 heavy (non-hydrogen) atoms. The van der Waals surface area contributed by atoms with Crippen LogP contribution < -0.4 is 5.32 Å². The number of nitrogens with zero attached hydrogens (tertiary/aromatic N) is 2. The number of para-hydroxylation sites is 2. The van der Waals surface area contributed by atoms with Gasteiger partial charge >= 0.3 is 0 Å². The molecule has 3 nitrogen and oxygen atoms in total. The molecule has 1 saturated carbocycles. The summed E-state index contributed by atoms with van der Waals surface area (Å²) in [5.74, 6) is 1.74. The number of anilines is 1. The lowest BCUT2D eigenvalue weighted by Gasteiger charge is -2.26. The maximum Gasteiger partial charge on any atom is 0.0876 e. The van der Waals surface area contributed by atoms with Crippen molar-refractivity contribution in [2.45, 2.75) is 32.6 Å². The first-order valence-electron chi connectivity index (χ1n) is 7.66. The van der Waals surface area contributed by atoms with Gasteiger partial charge in [-0.15, -0.1) is 0 Å². The van der Waals surface area contributed by atoms with E-state index in [9.17, 15) is 0 Å². The Labute approximate surface area is 121 Å². The molecule has 1 N–H and O–H groups in total. The molecule has 1 fully saturated rings. The van der Waals surface area contributed by atoms with Gasteiger partial charge in [-0.25, -0.2) is 4.68 Å². The third-order valence-electron chi connectivity index (χ3n) is 4.37. The highest BCUT2D eigenvalue weighted by molar-refractivity contribution is 5.60. The molecule has 1 heterocycles. The van der Waals surface area contributed by atoms with Crippen molar-refractivity contribution >= 4 is 5.69 Å². The summed E-state index contributed by atoms with van der Waals surface area (Å²) in [6.07, 6.45) is 9.29. The van der Waals surface area contributed by atoms with Gasteiger partial charge in [-0.3, -0.25) is 0 Å². The molecule has 3 rings (SSSR count). The molecule has 0 radical (unpaired) electrons. The van der Waals surface area contributed by atoms with E-state index in [4.69, 9.17) is 0 Å². The number of aromatic nitrogens is 2. The molecule has 0 amide bonds. The molecule has 2 aromatic rings. The third-order valence-corrected chi connectivity index (χ3v) is 4.37. The van der Waals surface area contributed by atoms with Crippen molar-refractivity contribution < 1.29 is 0 Å². The van der Waals surface area contributed by atoms with Crippen LogP contribution in [0.25, 0.3) is 5.69 Å². The summed E-state index contributed by atoms with van der Waals surface area (Å²) in [6.45, 7) is 3.45. The van der Waals surface area contributed by atoms with Crippen molar-refractivity contribution in [3.8, 4) is 5.69 Å². The molecule has 0 aliphatic heterocycles. The van der Waals surface area contributed by atoms with Crippen LogP contribution in [0.4, 0.5) is 5.69 Å². The zero-order valence-corrected chi connectivity index (χ0v) is 12.1. The molecule has 0 saturated heterocycles. The Morgan fingerprint density at radius 1 is 1.15 bits per heavy atom. The quantitative estimate of drug-likeness (QED) is 0.905. The van der Waals surface area contributed by atoms with Crippen LogP contribution in [0, 0.1) is 11.8 Å². The zero-order valence-electron chi connectivity index (χ0n) is 12.1. The first-order chi connectivity index (χ1) is 9.83. The molecule has 1 aliphatic rings. The average Bonchev–Trinajstić information content (AvgIpc) is 3.01. The van der Waals surface area contributed by atoms with E-state index in [2.05, 4.69) is 41.6 Å². The van der Waals surface area contributed by atoms with Gasteiger partial charge in [0.2, 0.25) is 0 Å². The van der Waals surface area contributed by atoms with Crippen molar-refractivity contribution in [3.05, 3.63) is 42.7 Å². The normalized spacial score (nSPS) is 22.6. The Hall–Kier alpha value is -1.77. The van der Waals surface area contributed by atoms with E-state index < -0.39 is 0 Å². The van der Waals surface area contributed by atoms with Gasteiger partial charge in [-0.2, -0.15) is 5.10 Å². The van der Waals surface area contributed by atoms with Gasteiger partial charge in [0, 0.05) is 18.9 Å². The second-order valence-electron chi connectivity index (χ2n) is 5.97. The van der Waals surface area contributed by atoms with Crippen molar-refractivity contribution in [1.82, 2.24) is 9.78 Å². The molecule has 0 unspecified atom stereocenters. The fourth-order valence-corrected chi connectivity index (χ4v) is 3.02. The van der Waals surface area contributed by atoms with Crippen LogP contribution in [0.3, 0.4) is 0 Å². The Morgan fingerprint density at radius 2 is 1.95 bits per heavy atom. The lowest BCUT2D eigenvalue weighted by atomic mass is 9.83. The Bertz CT molecular complexity index is 525. The van der Waals surface area contributed by atoms with E-state index in [-0.39, 0.29) is 0 Å². The highest BCUT2D eigenvalue weighted by Crippen LogP contribution is 2.29. The third kappa shape index (κ3) is 3.03. The van der Waals surface area contributed by atoms with Crippen molar-refractivity contribution in [1.29, 1.82) is 0 Å². The van der Waals surface area contributed by atoms with E-state index in [1.54, 1.807) is 0 Å². The number of nitrogens with one attached hydrogen (secondary N) is 1. The van der Waals surface area contributed by atoms with Crippen LogP contribution >= 0.6 is 0 Å². The largest absolute Gasteiger partial charge is 0.383 e. The van der Waals surface area contributed by atoms with Crippen LogP contribution in [-0.4, -0.2) is 16.3 Å². The fraction of sp³-hybridized carbons (Fsp3) is 0.471. The molecule has 106 valence electrons. The van der Waals surface area contributed by atoms with E-state index in [0.29, 0.717) is 0 Å². The van der Waals surface area contributed by atoms with Crippen molar-refractivity contribution in [2.24, 2.45) is 11.8 Å². The van der Waals surface area contributed by atoms with Gasteiger partial charge in [0.25, 0.3) is 0 Å². The van der Waals surface area contributed by atoms with Crippen LogP contribution in [0.5, 0.6) is 0 Å². The number of benzene rings is 1. The molecule has 0 bridgehead atoms. The maximum absolute atomic E-state index is 4.33. The fourth-order valence-electron chi connectivity index (χ4n) is 3.02. The SMILES string of the molecule is CC1CCC(CNc2ccccc2-n2cccn2)CC1. The molecular formula is C17H23N3. The minimum atomic E-state index is 0.817. The summed E-state index contributed by atoms with van der Waals surface area (Å²) in [5, 5.41) is 7.95. The molecule has 0 atom stereocenters. The Balaban J connectivity index is 1.66. The Morgan fingerprint density at radius 3 is 2.70 bits per heavy atom. The number of hydrogen-bond acceptors (Lipinski definition) is 2. The van der Waals surface area contributed by atoms with E-state index in [1.807, 2.05) is 23.1 Å². The first-order valence-corrected chi connectivity index (χ1v) is 7.66.